The molecule has 2 heterocycles. The molecule has 0 spiro atoms. The number of aliphatic carboxylic acids is 1. The van der Waals surface area contributed by atoms with Gasteiger partial charge in [0.1, 0.15) is 5.82 Å². The van der Waals surface area contributed by atoms with Crippen molar-refractivity contribution in [2.75, 3.05) is 0 Å². The molecule has 4 heteroatoms. The molecule has 0 aliphatic carbocycles. The number of aromatic nitrogens is 2. The van der Waals surface area contributed by atoms with Gasteiger partial charge in [-0.2, -0.15) is 0 Å². The lowest BCUT2D eigenvalue weighted by atomic mass is 10.2. The van der Waals surface area contributed by atoms with E-state index in [1.807, 2.05) is 29.5 Å². The number of carbonyl (C=O) groups is 1. The highest BCUT2D eigenvalue weighted by molar-refractivity contribution is 5.70. The summed E-state index contributed by atoms with van der Waals surface area (Å²) in [6.07, 6.45) is 0.0207. The Morgan fingerprint density at radius 3 is 2.76 bits per heavy atom. The van der Waals surface area contributed by atoms with E-state index < -0.39 is 5.97 Å². The monoisotopic (exact) mass is 232 g/mol. The Kier molecular flexibility index (Phi) is 2.88. The lowest BCUT2D eigenvalue weighted by molar-refractivity contribution is -0.136. The van der Waals surface area contributed by atoms with E-state index in [0.29, 0.717) is 0 Å². The fourth-order valence-corrected chi connectivity index (χ4v) is 2.07. The molecule has 2 aromatic rings. The first-order valence-electron chi connectivity index (χ1n) is 5.69. The zero-order valence-electron chi connectivity index (χ0n) is 10.3. The van der Waals surface area contributed by atoms with Crippen molar-refractivity contribution in [3.05, 3.63) is 35.4 Å². The number of hydrogen-bond donors (Lipinski definition) is 1. The number of fused-ring (bicyclic) bond motifs is 1. The molecule has 0 saturated heterocycles. The Labute approximate surface area is 99.9 Å². The molecular weight excluding hydrogens is 216 g/mol. The van der Waals surface area contributed by atoms with Crippen LogP contribution in [0.15, 0.2) is 18.2 Å². The SMILES string of the molecule is Cc1nc(C(C)C)n2c(CC(=O)O)cccc12. The average molecular weight is 232 g/mol. The number of nitrogens with zero attached hydrogens (tertiary/aromatic N) is 2. The summed E-state index contributed by atoms with van der Waals surface area (Å²) in [6, 6.07) is 5.69. The molecule has 0 aromatic carbocycles. The van der Waals surface area contributed by atoms with Crippen LogP contribution in [-0.4, -0.2) is 20.5 Å². The van der Waals surface area contributed by atoms with Gasteiger partial charge in [0.05, 0.1) is 17.6 Å². The standard InChI is InChI=1S/C13H16N2O2/c1-8(2)13-14-9(3)11-6-4-5-10(15(11)13)7-12(16)17/h4-6,8H,7H2,1-3H3,(H,16,17). The summed E-state index contributed by atoms with van der Waals surface area (Å²) >= 11 is 0. The van der Waals surface area contributed by atoms with E-state index in [-0.39, 0.29) is 12.3 Å². The van der Waals surface area contributed by atoms with Crippen LogP contribution < -0.4 is 0 Å². The van der Waals surface area contributed by atoms with Crippen molar-refractivity contribution in [2.45, 2.75) is 33.1 Å². The molecule has 17 heavy (non-hydrogen) atoms. The molecule has 0 aliphatic heterocycles. The maximum atomic E-state index is 10.9. The second kappa shape index (κ2) is 4.20. The van der Waals surface area contributed by atoms with Crippen LogP contribution in [0.4, 0.5) is 0 Å². The predicted molar refractivity (Wildman–Crippen MR) is 65.4 cm³/mol. The highest BCUT2D eigenvalue weighted by atomic mass is 16.4. The zero-order valence-corrected chi connectivity index (χ0v) is 10.3. The van der Waals surface area contributed by atoms with Crippen LogP contribution in [0.5, 0.6) is 0 Å². The van der Waals surface area contributed by atoms with Gasteiger partial charge < -0.3 is 5.11 Å². The van der Waals surface area contributed by atoms with E-state index in [9.17, 15) is 4.79 Å². The summed E-state index contributed by atoms with van der Waals surface area (Å²) in [5.41, 5.74) is 2.72. The van der Waals surface area contributed by atoms with Gasteiger partial charge in [0.15, 0.2) is 0 Å². The molecule has 0 unspecified atom stereocenters. The summed E-state index contributed by atoms with van der Waals surface area (Å²) < 4.78 is 1.97. The fraction of sp³-hybridized carbons (Fsp3) is 0.385. The summed E-state index contributed by atoms with van der Waals surface area (Å²) in [4.78, 5) is 15.4. The van der Waals surface area contributed by atoms with Crippen molar-refractivity contribution in [3.63, 3.8) is 0 Å². The first-order valence-corrected chi connectivity index (χ1v) is 5.69. The number of pyridine rings is 1. The van der Waals surface area contributed by atoms with E-state index in [4.69, 9.17) is 5.11 Å². The van der Waals surface area contributed by atoms with Crippen molar-refractivity contribution in [2.24, 2.45) is 0 Å². The normalized spacial score (nSPS) is 11.3. The molecule has 0 saturated carbocycles. The van der Waals surface area contributed by atoms with Gasteiger partial charge in [-0.1, -0.05) is 19.9 Å². The lowest BCUT2D eigenvalue weighted by Gasteiger charge is -2.09. The van der Waals surface area contributed by atoms with Crippen molar-refractivity contribution in [1.82, 2.24) is 9.38 Å². The van der Waals surface area contributed by atoms with E-state index in [1.54, 1.807) is 0 Å². The number of hydrogen-bond acceptors (Lipinski definition) is 2. The second-order valence-corrected chi connectivity index (χ2v) is 4.52. The zero-order chi connectivity index (χ0) is 12.6. The van der Waals surface area contributed by atoms with Crippen molar-refractivity contribution >= 4 is 11.5 Å². The van der Waals surface area contributed by atoms with Crippen LogP contribution in [-0.2, 0) is 11.2 Å². The Morgan fingerprint density at radius 1 is 1.47 bits per heavy atom. The molecule has 0 atom stereocenters. The molecule has 2 aromatic heterocycles. The highest BCUT2D eigenvalue weighted by Gasteiger charge is 2.14. The molecule has 0 fully saturated rings. The van der Waals surface area contributed by atoms with Crippen molar-refractivity contribution in [3.8, 4) is 0 Å². The molecule has 1 N–H and O–H groups in total. The number of carboxylic acid groups (broad SMARTS) is 1. The smallest absolute Gasteiger partial charge is 0.309 e. The molecule has 90 valence electrons. The first-order chi connectivity index (χ1) is 8.00. The molecular formula is C13H16N2O2. The van der Waals surface area contributed by atoms with Gasteiger partial charge in [-0.3, -0.25) is 9.20 Å². The van der Waals surface area contributed by atoms with Crippen LogP contribution in [0.3, 0.4) is 0 Å². The minimum atomic E-state index is -0.821. The number of aryl methyl sites for hydroxylation is 1. The van der Waals surface area contributed by atoms with Gasteiger partial charge in [-0.25, -0.2) is 4.98 Å². The summed E-state index contributed by atoms with van der Waals surface area (Å²) in [7, 11) is 0. The Bertz CT molecular complexity index is 570. The number of rotatable bonds is 3. The van der Waals surface area contributed by atoms with Crippen LogP contribution in [0.2, 0.25) is 0 Å². The van der Waals surface area contributed by atoms with Crippen LogP contribution >= 0.6 is 0 Å². The number of carboxylic acids is 1. The van der Waals surface area contributed by atoms with Gasteiger partial charge in [-0.05, 0) is 19.1 Å². The van der Waals surface area contributed by atoms with Gasteiger partial charge in [-0.15, -0.1) is 0 Å². The Morgan fingerprint density at radius 2 is 2.18 bits per heavy atom. The average Bonchev–Trinajstić information content (AvgIpc) is 2.57. The van der Waals surface area contributed by atoms with Crippen LogP contribution in [0, 0.1) is 6.92 Å². The quantitative estimate of drug-likeness (QED) is 0.884. The maximum Gasteiger partial charge on any atom is 0.309 e. The van der Waals surface area contributed by atoms with E-state index in [1.165, 1.54) is 0 Å². The van der Waals surface area contributed by atoms with Crippen molar-refractivity contribution in [1.29, 1.82) is 0 Å². The third-order valence-corrected chi connectivity index (χ3v) is 2.80. The molecule has 0 amide bonds. The van der Waals surface area contributed by atoms with E-state index in [0.717, 1.165) is 22.7 Å². The lowest BCUT2D eigenvalue weighted by Crippen LogP contribution is -2.08. The topological polar surface area (TPSA) is 54.6 Å². The minimum absolute atomic E-state index is 0.0207. The second-order valence-electron chi connectivity index (χ2n) is 4.52. The first kappa shape index (κ1) is 11.6. The Hall–Kier alpha value is -1.84. The molecule has 0 bridgehead atoms. The Balaban J connectivity index is 2.71. The third kappa shape index (κ3) is 2.02. The highest BCUT2D eigenvalue weighted by Crippen LogP contribution is 2.21. The predicted octanol–water partition coefficient (Wildman–Crippen LogP) is 2.39. The molecule has 4 nitrogen and oxygen atoms in total. The molecule has 0 aliphatic rings. The van der Waals surface area contributed by atoms with Crippen LogP contribution in [0.25, 0.3) is 5.52 Å². The fourth-order valence-electron chi connectivity index (χ4n) is 2.07. The van der Waals surface area contributed by atoms with Crippen molar-refractivity contribution < 1.29 is 9.90 Å². The van der Waals surface area contributed by atoms with Gasteiger partial charge in [0, 0.05) is 11.6 Å². The third-order valence-electron chi connectivity index (χ3n) is 2.80. The van der Waals surface area contributed by atoms with E-state index >= 15 is 0 Å². The summed E-state index contributed by atoms with van der Waals surface area (Å²) in [6.45, 7) is 6.07. The summed E-state index contributed by atoms with van der Waals surface area (Å²) in [5, 5.41) is 8.93. The van der Waals surface area contributed by atoms with Crippen LogP contribution in [0.1, 0.15) is 37.0 Å². The van der Waals surface area contributed by atoms with E-state index in [2.05, 4.69) is 18.8 Å². The van der Waals surface area contributed by atoms with Gasteiger partial charge in [0.25, 0.3) is 0 Å². The molecule has 2 rings (SSSR count). The minimum Gasteiger partial charge on any atom is -0.481 e. The van der Waals surface area contributed by atoms with Gasteiger partial charge in [0.2, 0.25) is 0 Å². The summed E-state index contributed by atoms with van der Waals surface area (Å²) in [5.74, 6) is 0.374. The molecule has 0 radical (unpaired) electrons. The number of imidazole rings is 1. The largest absolute Gasteiger partial charge is 0.481 e. The van der Waals surface area contributed by atoms with Gasteiger partial charge >= 0.3 is 5.97 Å². The maximum absolute atomic E-state index is 10.9.